The SMILES string of the molecule is CC(C)CNC(=O)C(C)Sc1n[nH]c(-c2ccc(Cl)cc2)n1. The Hall–Kier alpha value is -1.53. The topological polar surface area (TPSA) is 70.7 Å². The second-order valence-corrected chi connectivity index (χ2v) is 7.12. The zero-order chi connectivity index (χ0) is 16.1. The largest absolute Gasteiger partial charge is 0.355 e. The van der Waals surface area contributed by atoms with Gasteiger partial charge in [-0.25, -0.2) is 4.98 Å². The van der Waals surface area contributed by atoms with Crippen LogP contribution in [0.3, 0.4) is 0 Å². The maximum Gasteiger partial charge on any atom is 0.233 e. The second kappa shape index (κ2) is 7.65. The molecule has 0 radical (unpaired) electrons. The number of thioether (sulfide) groups is 1. The summed E-state index contributed by atoms with van der Waals surface area (Å²) in [5, 5.41) is 10.9. The highest BCUT2D eigenvalue weighted by molar-refractivity contribution is 8.00. The number of nitrogens with zero attached hydrogens (tertiary/aromatic N) is 2. The van der Waals surface area contributed by atoms with Gasteiger partial charge in [0.05, 0.1) is 5.25 Å². The summed E-state index contributed by atoms with van der Waals surface area (Å²) in [5.74, 6) is 1.09. The van der Waals surface area contributed by atoms with Gasteiger partial charge in [0.1, 0.15) is 0 Å². The molecule has 22 heavy (non-hydrogen) atoms. The molecule has 0 aliphatic heterocycles. The first-order valence-corrected chi connectivity index (χ1v) is 8.34. The molecule has 0 spiro atoms. The van der Waals surface area contributed by atoms with E-state index in [0.29, 0.717) is 28.5 Å². The Morgan fingerprint density at radius 3 is 2.64 bits per heavy atom. The third kappa shape index (κ3) is 4.74. The molecular weight excluding hydrogens is 320 g/mol. The van der Waals surface area contributed by atoms with Crippen molar-refractivity contribution in [1.29, 1.82) is 0 Å². The van der Waals surface area contributed by atoms with Gasteiger partial charge in [0, 0.05) is 17.1 Å². The Kier molecular flexibility index (Phi) is 5.85. The van der Waals surface area contributed by atoms with Crippen LogP contribution < -0.4 is 5.32 Å². The molecule has 2 N–H and O–H groups in total. The fourth-order valence-corrected chi connectivity index (χ4v) is 2.57. The average Bonchev–Trinajstić information content (AvgIpc) is 2.93. The minimum Gasteiger partial charge on any atom is -0.355 e. The summed E-state index contributed by atoms with van der Waals surface area (Å²) in [6, 6.07) is 7.34. The molecule has 0 aliphatic carbocycles. The number of benzene rings is 1. The van der Waals surface area contributed by atoms with Crippen LogP contribution in [0.15, 0.2) is 29.4 Å². The first-order valence-electron chi connectivity index (χ1n) is 7.08. The molecule has 1 aromatic heterocycles. The molecule has 1 unspecified atom stereocenters. The quantitative estimate of drug-likeness (QED) is 0.792. The van der Waals surface area contributed by atoms with E-state index in [1.807, 2.05) is 19.1 Å². The van der Waals surface area contributed by atoms with Crippen LogP contribution in [-0.2, 0) is 4.79 Å². The number of rotatable bonds is 6. The van der Waals surface area contributed by atoms with E-state index in [1.54, 1.807) is 12.1 Å². The number of hydrogen-bond donors (Lipinski definition) is 2. The number of aromatic amines is 1. The molecule has 1 atom stereocenters. The van der Waals surface area contributed by atoms with Crippen LogP contribution in [0.2, 0.25) is 5.02 Å². The highest BCUT2D eigenvalue weighted by Crippen LogP contribution is 2.23. The van der Waals surface area contributed by atoms with Gasteiger partial charge in [-0.15, -0.1) is 5.10 Å². The van der Waals surface area contributed by atoms with Gasteiger partial charge in [0.2, 0.25) is 11.1 Å². The van der Waals surface area contributed by atoms with Gasteiger partial charge < -0.3 is 5.32 Å². The zero-order valence-electron chi connectivity index (χ0n) is 12.8. The van der Waals surface area contributed by atoms with Gasteiger partial charge in [-0.05, 0) is 37.1 Å². The van der Waals surface area contributed by atoms with Crippen molar-refractivity contribution in [3.05, 3.63) is 29.3 Å². The molecule has 0 saturated heterocycles. The van der Waals surface area contributed by atoms with E-state index in [1.165, 1.54) is 11.8 Å². The molecule has 118 valence electrons. The lowest BCUT2D eigenvalue weighted by molar-refractivity contribution is -0.120. The van der Waals surface area contributed by atoms with Gasteiger partial charge in [0.15, 0.2) is 5.82 Å². The molecule has 0 bridgehead atoms. The number of nitrogens with one attached hydrogen (secondary N) is 2. The fourth-order valence-electron chi connectivity index (χ4n) is 1.70. The number of aromatic nitrogens is 3. The number of amides is 1. The maximum atomic E-state index is 12.0. The van der Waals surface area contributed by atoms with Gasteiger partial charge in [0.25, 0.3) is 0 Å². The molecule has 2 aromatic rings. The van der Waals surface area contributed by atoms with E-state index in [4.69, 9.17) is 11.6 Å². The van der Waals surface area contributed by atoms with Crippen LogP contribution >= 0.6 is 23.4 Å². The third-order valence-corrected chi connectivity index (χ3v) is 4.13. The van der Waals surface area contributed by atoms with E-state index in [2.05, 4.69) is 34.3 Å². The van der Waals surface area contributed by atoms with Crippen LogP contribution in [0.5, 0.6) is 0 Å². The van der Waals surface area contributed by atoms with Crippen molar-refractivity contribution >= 4 is 29.3 Å². The molecule has 0 aliphatic rings. The van der Waals surface area contributed by atoms with Crippen molar-refractivity contribution in [2.45, 2.75) is 31.2 Å². The molecule has 5 nitrogen and oxygen atoms in total. The average molecular weight is 339 g/mol. The summed E-state index contributed by atoms with van der Waals surface area (Å²) in [5.41, 5.74) is 0.903. The van der Waals surface area contributed by atoms with Gasteiger partial charge >= 0.3 is 0 Å². The number of halogens is 1. The summed E-state index contributed by atoms with van der Waals surface area (Å²) >= 11 is 7.20. The normalized spacial score (nSPS) is 12.4. The molecule has 7 heteroatoms. The molecule has 1 amide bonds. The Bertz CT molecular complexity index is 627. The smallest absolute Gasteiger partial charge is 0.233 e. The molecule has 0 saturated carbocycles. The maximum absolute atomic E-state index is 12.0. The first kappa shape index (κ1) is 16.8. The van der Waals surface area contributed by atoms with Crippen LogP contribution in [0.1, 0.15) is 20.8 Å². The van der Waals surface area contributed by atoms with Gasteiger partial charge in [-0.3, -0.25) is 9.89 Å². The summed E-state index contributed by atoms with van der Waals surface area (Å²) < 4.78 is 0. The second-order valence-electron chi connectivity index (χ2n) is 5.37. The predicted octanol–water partition coefficient (Wildman–Crippen LogP) is 3.38. The molecule has 2 rings (SSSR count). The summed E-state index contributed by atoms with van der Waals surface area (Å²) in [6.45, 7) is 6.64. The highest BCUT2D eigenvalue weighted by atomic mass is 35.5. The van der Waals surface area contributed by atoms with Crippen molar-refractivity contribution in [3.8, 4) is 11.4 Å². The number of hydrogen-bond acceptors (Lipinski definition) is 4. The molecule has 1 aromatic carbocycles. The molecule has 1 heterocycles. The van der Waals surface area contributed by atoms with Crippen molar-refractivity contribution in [1.82, 2.24) is 20.5 Å². The summed E-state index contributed by atoms with van der Waals surface area (Å²) in [6.07, 6.45) is 0. The van der Waals surface area contributed by atoms with Crippen LogP contribution in [-0.4, -0.2) is 32.9 Å². The third-order valence-electron chi connectivity index (χ3n) is 2.92. The number of H-pyrrole nitrogens is 1. The Labute approximate surface area is 139 Å². The van der Waals surface area contributed by atoms with E-state index < -0.39 is 0 Å². The molecular formula is C15H19ClN4OS. The van der Waals surface area contributed by atoms with Crippen molar-refractivity contribution in [2.75, 3.05) is 6.54 Å². The lowest BCUT2D eigenvalue weighted by atomic mass is 10.2. The Balaban J connectivity index is 1.96. The van der Waals surface area contributed by atoms with Crippen molar-refractivity contribution in [3.63, 3.8) is 0 Å². The lowest BCUT2D eigenvalue weighted by Crippen LogP contribution is -2.33. The van der Waals surface area contributed by atoms with Crippen LogP contribution in [0.25, 0.3) is 11.4 Å². The van der Waals surface area contributed by atoms with Crippen LogP contribution in [0, 0.1) is 5.92 Å². The first-order chi connectivity index (χ1) is 10.5. The Morgan fingerprint density at radius 1 is 1.32 bits per heavy atom. The summed E-state index contributed by atoms with van der Waals surface area (Å²) in [7, 11) is 0. The van der Waals surface area contributed by atoms with Crippen LogP contribution in [0.4, 0.5) is 0 Å². The van der Waals surface area contributed by atoms with E-state index in [-0.39, 0.29) is 11.2 Å². The van der Waals surface area contributed by atoms with E-state index in [9.17, 15) is 4.79 Å². The van der Waals surface area contributed by atoms with Gasteiger partial charge in [-0.2, -0.15) is 0 Å². The number of carbonyl (C=O) groups is 1. The summed E-state index contributed by atoms with van der Waals surface area (Å²) in [4.78, 5) is 16.4. The monoisotopic (exact) mass is 338 g/mol. The van der Waals surface area contributed by atoms with Crippen molar-refractivity contribution < 1.29 is 4.79 Å². The highest BCUT2D eigenvalue weighted by Gasteiger charge is 2.17. The minimum absolute atomic E-state index is 0.00320. The number of carbonyl (C=O) groups excluding carboxylic acids is 1. The predicted molar refractivity (Wildman–Crippen MR) is 90.0 cm³/mol. The standard InChI is InChI=1S/C15H19ClN4OS/c1-9(2)8-17-14(21)10(3)22-15-18-13(19-20-15)11-4-6-12(16)7-5-11/h4-7,9-10H,8H2,1-3H3,(H,17,21)(H,18,19,20). The van der Waals surface area contributed by atoms with Crippen molar-refractivity contribution in [2.24, 2.45) is 5.92 Å². The fraction of sp³-hybridized carbons (Fsp3) is 0.400. The minimum atomic E-state index is -0.243. The molecule has 0 fully saturated rings. The van der Waals surface area contributed by atoms with Gasteiger partial charge in [-0.1, -0.05) is 37.2 Å². The lowest BCUT2D eigenvalue weighted by Gasteiger charge is -2.11. The van der Waals surface area contributed by atoms with E-state index in [0.717, 1.165) is 5.56 Å². The zero-order valence-corrected chi connectivity index (χ0v) is 14.3. The Morgan fingerprint density at radius 2 is 2.00 bits per heavy atom. The van der Waals surface area contributed by atoms with E-state index >= 15 is 0 Å².